The van der Waals surface area contributed by atoms with E-state index in [1.54, 1.807) is 0 Å². The summed E-state index contributed by atoms with van der Waals surface area (Å²) in [6.07, 6.45) is -0.217. The van der Waals surface area contributed by atoms with Crippen molar-refractivity contribution in [2.75, 3.05) is 0 Å². The summed E-state index contributed by atoms with van der Waals surface area (Å²) in [5.74, 6) is -1.03. The molecule has 0 fully saturated rings. The van der Waals surface area contributed by atoms with Crippen molar-refractivity contribution in [2.45, 2.75) is 12.5 Å². The van der Waals surface area contributed by atoms with Crippen LogP contribution in [0.1, 0.15) is 6.42 Å². The van der Waals surface area contributed by atoms with Gasteiger partial charge in [-0.2, -0.15) is 0 Å². The van der Waals surface area contributed by atoms with Gasteiger partial charge in [0.2, 0.25) is 0 Å². The van der Waals surface area contributed by atoms with Crippen molar-refractivity contribution in [3.63, 3.8) is 0 Å². The van der Waals surface area contributed by atoms with Crippen molar-refractivity contribution in [1.82, 2.24) is 0 Å². The summed E-state index contributed by atoms with van der Waals surface area (Å²) < 4.78 is 0. The van der Waals surface area contributed by atoms with Gasteiger partial charge in [-0.05, 0) is 5.70 Å². The number of hydrogen-bond acceptors (Lipinski definition) is 3. The van der Waals surface area contributed by atoms with Crippen LogP contribution in [0, 0.1) is 0 Å². The second kappa shape index (κ2) is 3.50. The quantitative estimate of drug-likeness (QED) is 0.492. The molecule has 0 amide bonds. The Labute approximate surface area is 59.7 Å². The molecule has 0 radical (unpaired) electrons. The predicted octanol–water partition coefficient (Wildman–Crippen LogP) is -0.387. The Balaban J connectivity index is 3.67. The van der Waals surface area contributed by atoms with Crippen LogP contribution in [-0.2, 0) is 4.79 Å². The van der Waals surface area contributed by atoms with Gasteiger partial charge in [0.1, 0.15) is 0 Å². The molecular weight excluding hydrogens is 152 g/mol. The highest BCUT2D eigenvalue weighted by atomic mass is 28.4. The second-order valence-corrected chi connectivity index (χ2v) is 4.64. The third-order valence-electron chi connectivity index (χ3n) is 1.03. The van der Waals surface area contributed by atoms with Gasteiger partial charge in [0.15, 0.2) is 0 Å². The lowest BCUT2D eigenvalue weighted by atomic mass is 10.5. The van der Waals surface area contributed by atoms with Crippen molar-refractivity contribution in [3.05, 3.63) is 12.3 Å². The molecule has 0 aromatic rings. The van der Waals surface area contributed by atoms with E-state index in [4.69, 9.17) is 14.7 Å². The highest BCUT2D eigenvalue weighted by Gasteiger charge is 2.24. The predicted molar refractivity (Wildman–Crippen MR) is 37.4 cm³/mol. The van der Waals surface area contributed by atoms with E-state index in [-0.39, 0.29) is 12.5 Å². The Bertz CT molecular complexity index is 143. The average molecular weight is 162 g/mol. The van der Waals surface area contributed by atoms with Gasteiger partial charge in [0.25, 0.3) is 0 Å². The lowest BCUT2D eigenvalue weighted by molar-refractivity contribution is -0.136. The normalized spacial score (nSPS) is 11.0. The monoisotopic (exact) mass is 162 g/mol. The number of carbonyl (C=O) groups is 1. The summed E-state index contributed by atoms with van der Waals surface area (Å²) in [7, 11) is -3.36. The summed E-state index contributed by atoms with van der Waals surface area (Å²) in [4.78, 5) is 27.7. The van der Waals surface area contributed by atoms with Gasteiger partial charge in [0.05, 0.1) is 0 Å². The minimum absolute atomic E-state index is 0.0914. The molecule has 3 N–H and O–H groups in total. The summed E-state index contributed by atoms with van der Waals surface area (Å²) in [6, 6.07) is -0.0914. The first-order chi connectivity index (χ1) is 4.48. The summed E-state index contributed by atoms with van der Waals surface area (Å²) in [6.45, 7) is 3.18. The smallest absolute Gasteiger partial charge is 0.359 e. The van der Waals surface area contributed by atoms with Crippen LogP contribution in [0.25, 0.3) is 0 Å². The van der Waals surface area contributed by atoms with Crippen LogP contribution in [0.5, 0.6) is 0 Å². The molecule has 0 aromatic heterocycles. The molecule has 0 saturated carbocycles. The zero-order chi connectivity index (χ0) is 8.20. The fraction of sp³-hybridized carbons (Fsp3) is 0.400. The SMILES string of the molecule is C=C[Si](O)(O)CCC(=O)O. The Morgan fingerprint density at radius 2 is 2.10 bits per heavy atom. The van der Waals surface area contributed by atoms with Crippen LogP contribution in [0.4, 0.5) is 0 Å². The van der Waals surface area contributed by atoms with Crippen molar-refractivity contribution >= 4 is 14.5 Å². The molecule has 0 aliphatic carbocycles. The maximum atomic E-state index is 9.93. The third kappa shape index (κ3) is 4.25. The summed E-state index contributed by atoms with van der Waals surface area (Å²) in [5, 5.41) is 8.14. The summed E-state index contributed by atoms with van der Waals surface area (Å²) >= 11 is 0. The molecule has 0 spiro atoms. The fourth-order valence-electron chi connectivity index (χ4n) is 0.393. The lowest BCUT2D eigenvalue weighted by Gasteiger charge is -2.09. The van der Waals surface area contributed by atoms with Gasteiger partial charge in [0, 0.05) is 12.5 Å². The first-order valence-corrected chi connectivity index (χ1v) is 4.96. The van der Waals surface area contributed by atoms with E-state index in [1.165, 1.54) is 0 Å². The van der Waals surface area contributed by atoms with E-state index < -0.39 is 14.5 Å². The van der Waals surface area contributed by atoms with Gasteiger partial charge in [-0.15, -0.1) is 6.58 Å². The molecule has 4 nitrogen and oxygen atoms in total. The van der Waals surface area contributed by atoms with Crippen LogP contribution in [0.3, 0.4) is 0 Å². The van der Waals surface area contributed by atoms with Gasteiger partial charge >= 0.3 is 14.5 Å². The molecule has 0 rings (SSSR count). The third-order valence-corrected chi connectivity index (χ3v) is 2.67. The number of carboxylic acids is 1. The largest absolute Gasteiger partial charge is 0.481 e. The zero-order valence-electron chi connectivity index (χ0n) is 5.45. The van der Waals surface area contributed by atoms with E-state index in [9.17, 15) is 4.79 Å². The molecule has 0 atom stereocenters. The van der Waals surface area contributed by atoms with E-state index in [2.05, 4.69) is 6.58 Å². The Hall–Kier alpha value is -0.653. The van der Waals surface area contributed by atoms with Gasteiger partial charge in [-0.25, -0.2) is 0 Å². The molecule has 0 unspecified atom stereocenters. The van der Waals surface area contributed by atoms with Gasteiger partial charge in [-0.3, -0.25) is 4.79 Å². The van der Waals surface area contributed by atoms with Crippen molar-refractivity contribution in [1.29, 1.82) is 0 Å². The highest BCUT2D eigenvalue weighted by molar-refractivity contribution is 6.70. The average Bonchev–Trinajstić information content (AvgIpc) is 1.85. The molecule has 0 saturated heterocycles. The molecule has 58 valence electrons. The van der Waals surface area contributed by atoms with Crippen LogP contribution < -0.4 is 0 Å². The Kier molecular flexibility index (Phi) is 3.27. The maximum Gasteiger partial charge on any atom is 0.359 e. The van der Waals surface area contributed by atoms with Crippen molar-refractivity contribution < 1.29 is 19.5 Å². The van der Waals surface area contributed by atoms with Crippen LogP contribution >= 0.6 is 0 Å². The highest BCUT2D eigenvalue weighted by Crippen LogP contribution is 2.05. The topological polar surface area (TPSA) is 77.8 Å². The number of rotatable bonds is 4. The number of aliphatic carboxylic acids is 1. The Morgan fingerprint density at radius 1 is 1.60 bits per heavy atom. The van der Waals surface area contributed by atoms with E-state index >= 15 is 0 Å². The maximum absolute atomic E-state index is 9.93. The first kappa shape index (κ1) is 9.35. The molecule has 0 bridgehead atoms. The van der Waals surface area contributed by atoms with Gasteiger partial charge < -0.3 is 14.7 Å². The standard InChI is InChI=1S/C5H10O4Si/c1-2-10(8,9)4-3-5(6)7/h2,8-9H,1,3-4H2,(H,6,7). The van der Waals surface area contributed by atoms with Crippen molar-refractivity contribution in [2.24, 2.45) is 0 Å². The molecule has 5 heteroatoms. The molecule has 0 heterocycles. The molecular formula is C5H10O4Si. The van der Waals surface area contributed by atoms with Crippen molar-refractivity contribution in [3.8, 4) is 0 Å². The minimum atomic E-state index is -3.36. The van der Waals surface area contributed by atoms with E-state index in [0.717, 1.165) is 5.70 Å². The Morgan fingerprint density at radius 3 is 2.40 bits per heavy atom. The van der Waals surface area contributed by atoms with E-state index in [1.807, 2.05) is 0 Å². The zero-order valence-corrected chi connectivity index (χ0v) is 6.45. The molecule has 0 aliphatic rings. The van der Waals surface area contributed by atoms with Crippen LogP contribution in [0.2, 0.25) is 6.04 Å². The number of carboxylic acid groups (broad SMARTS) is 1. The number of hydrogen-bond donors (Lipinski definition) is 3. The molecule has 0 aliphatic heterocycles. The van der Waals surface area contributed by atoms with Gasteiger partial charge in [-0.1, -0.05) is 0 Å². The minimum Gasteiger partial charge on any atom is -0.481 e. The first-order valence-electron chi connectivity index (χ1n) is 2.78. The van der Waals surface area contributed by atoms with E-state index in [0.29, 0.717) is 0 Å². The second-order valence-electron chi connectivity index (χ2n) is 1.98. The molecule has 0 aromatic carbocycles. The molecule has 10 heavy (non-hydrogen) atoms. The summed E-state index contributed by atoms with van der Waals surface area (Å²) in [5.41, 5.74) is 1.04. The fourth-order valence-corrected chi connectivity index (χ4v) is 1.18. The van der Waals surface area contributed by atoms with Crippen LogP contribution in [0.15, 0.2) is 12.3 Å². The van der Waals surface area contributed by atoms with Crippen LogP contribution in [-0.4, -0.2) is 29.2 Å². The lowest BCUT2D eigenvalue weighted by Crippen LogP contribution is -2.32.